The van der Waals surface area contributed by atoms with Crippen LogP contribution < -0.4 is 0 Å². The van der Waals surface area contributed by atoms with E-state index in [1.165, 1.54) is 49.6 Å². The first kappa shape index (κ1) is 16.4. The van der Waals surface area contributed by atoms with Crippen molar-refractivity contribution >= 4 is 27.1 Å². The number of hydrogen-bond donors (Lipinski definition) is 1. The number of nitrogens with one attached hydrogen (secondary N) is 1. The summed E-state index contributed by atoms with van der Waals surface area (Å²) in [6.07, 6.45) is 4.43. The van der Waals surface area contributed by atoms with Crippen molar-refractivity contribution in [3.05, 3.63) is 89.3 Å². The molecule has 5 rings (SSSR count). The van der Waals surface area contributed by atoms with E-state index in [1.54, 1.807) is 0 Å². The van der Waals surface area contributed by atoms with Crippen molar-refractivity contribution in [1.29, 1.82) is 0 Å². The Bertz CT molecular complexity index is 1200. The fourth-order valence-corrected chi connectivity index (χ4v) is 4.47. The summed E-state index contributed by atoms with van der Waals surface area (Å²) in [5.41, 5.74) is 7.16. The van der Waals surface area contributed by atoms with E-state index in [9.17, 15) is 0 Å². The van der Waals surface area contributed by atoms with E-state index >= 15 is 0 Å². The van der Waals surface area contributed by atoms with Gasteiger partial charge in [0.15, 0.2) is 0 Å². The molecule has 1 aliphatic carbocycles. The minimum absolute atomic E-state index is 0.156. The Balaban J connectivity index is 1.65. The van der Waals surface area contributed by atoms with Gasteiger partial charge in [0.2, 0.25) is 0 Å². The van der Waals surface area contributed by atoms with Crippen LogP contribution in [0.2, 0.25) is 0 Å². The van der Waals surface area contributed by atoms with Crippen LogP contribution in [0.5, 0.6) is 0 Å². The number of aromatic amines is 1. The van der Waals surface area contributed by atoms with Crippen molar-refractivity contribution in [1.82, 2.24) is 4.98 Å². The number of aromatic nitrogens is 1. The summed E-state index contributed by atoms with van der Waals surface area (Å²) in [6, 6.07) is 22.2. The Morgan fingerprint density at radius 3 is 2.07 bits per heavy atom. The molecule has 0 aliphatic heterocycles. The summed E-state index contributed by atoms with van der Waals surface area (Å²) >= 11 is 0. The Morgan fingerprint density at radius 2 is 1.41 bits per heavy atom. The number of hydrogen-bond acceptors (Lipinski definition) is 0. The topological polar surface area (TPSA) is 15.8 Å². The number of H-pyrrole nitrogens is 1. The quantitative estimate of drug-likeness (QED) is 0.382. The highest BCUT2D eigenvalue weighted by Gasteiger charge is 2.22. The molecule has 1 heterocycles. The number of rotatable bonds is 2. The van der Waals surface area contributed by atoms with Crippen molar-refractivity contribution in [2.24, 2.45) is 0 Å². The molecule has 1 N–H and O–H groups in total. The van der Waals surface area contributed by atoms with E-state index in [-0.39, 0.29) is 5.41 Å². The molecule has 0 radical (unpaired) electrons. The van der Waals surface area contributed by atoms with Gasteiger partial charge >= 0.3 is 0 Å². The molecule has 0 amide bonds. The molecular formula is C26H25N. The fourth-order valence-electron chi connectivity index (χ4n) is 4.47. The van der Waals surface area contributed by atoms with Crippen LogP contribution >= 0.6 is 0 Å². The van der Waals surface area contributed by atoms with Crippen LogP contribution in [-0.2, 0) is 18.3 Å². The number of fused-ring (bicyclic) bond motifs is 6. The second kappa shape index (κ2) is 5.85. The summed E-state index contributed by atoms with van der Waals surface area (Å²) in [6.45, 7) is 6.77. The van der Waals surface area contributed by atoms with Crippen LogP contribution in [0.3, 0.4) is 0 Å². The normalized spacial score (nSPS) is 14.0. The first-order valence-corrected chi connectivity index (χ1v) is 9.82. The molecule has 0 bridgehead atoms. The van der Waals surface area contributed by atoms with E-state index in [1.807, 2.05) is 0 Å². The molecular weight excluding hydrogens is 326 g/mol. The minimum atomic E-state index is 0.156. The number of benzene rings is 3. The lowest BCUT2D eigenvalue weighted by Crippen LogP contribution is -2.11. The molecule has 1 nitrogen and oxygen atoms in total. The second-order valence-electron chi connectivity index (χ2n) is 8.70. The maximum atomic E-state index is 3.66. The zero-order chi connectivity index (χ0) is 18.6. The van der Waals surface area contributed by atoms with Gasteiger partial charge in [-0.1, -0.05) is 75.4 Å². The van der Waals surface area contributed by atoms with Crippen molar-refractivity contribution in [2.45, 2.75) is 39.0 Å². The molecule has 0 unspecified atom stereocenters. The maximum Gasteiger partial charge on any atom is 0.0203 e. The van der Waals surface area contributed by atoms with Gasteiger partial charge in [0.05, 0.1) is 0 Å². The van der Waals surface area contributed by atoms with Crippen LogP contribution in [0.1, 0.15) is 43.3 Å². The lowest BCUT2D eigenvalue weighted by atomic mass is 9.90. The van der Waals surface area contributed by atoms with Gasteiger partial charge in [-0.3, -0.25) is 0 Å². The average molecular weight is 351 g/mol. The third-order valence-electron chi connectivity index (χ3n) is 5.85. The highest BCUT2D eigenvalue weighted by atomic mass is 14.7. The molecule has 0 spiro atoms. The van der Waals surface area contributed by atoms with Crippen LogP contribution in [0, 0.1) is 0 Å². The van der Waals surface area contributed by atoms with E-state index < -0.39 is 0 Å². The molecule has 0 saturated heterocycles. The summed E-state index contributed by atoms with van der Waals surface area (Å²) in [5, 5.41) is 5.52. The Labute approximate surface area is 160 Å². The Morgan fingerprint density at radius 1 is 0.778 bits per heavy atom. The molecule has 0 saturated carbocycles. The fraction of sp³-hybridized carbons (Fsp3) is 0.231. The first-order chi connectivity index (χ1) is 13.0. The van der Waals surface area contributed by atoms with Gasteiger partial charge in [-0.15, -0.1) is 0 Å². The molecule has 134 valence electrons. The highest BCUT2D eigenvalue weighted by molar-refractivity contribution is 6.14. The van der Waals surface area contributed by atoms with Crippen LogP contribution in [0.15, 0.2) is 66.7 Å². The molecule has 0 atom stereocenters. The standard InChI is InChI=1S/C26H25N/c1-26(2,3)24-15-13-18(27-24)16-17-12-14-23-21-10-5-4-8-19(21)20-9-6-7-11-22(20)25(17)23/h4-13,15,27H,14,16H2,1-3H3. The molecule has 27 heavy (non-hydrogen) atoms. The average Bonchev–Trinajstić information content (AvgIpc) is 3.30. The van der Waals surface area contributed by atoms with E-state index in [0.717, 1.165) is 12.8 Å². The Kier molecular flexibility index (Phi) is 3.55. The van der Waals surface area contributed by atoms with Gasteiger partial charge in [-0.05, 0) is 56.8 Å². The van der Waals surface area contributed by atoms with Crippen LogP contribution in [0.25, 0.3) is 27.1 Å². The monoisotopic (exact) mass is 351 g/mol. The SMILES string of the molecule is CC(C)(C)c1ccc(CC2=CCc3c2c2ccccc2c2ccccc32)[nH]1. The summed E-state index contributed by atoms with van der Waals surface area (Å²) in [4.78, 5) is 3.66. The van der Waals surface area contributed by atoms with Gasteiger partial charge in [0.1, 0.15) is 0 Å². The molecule has 1 aromatic heterocycles. The van der Waals surface area contributed by atoms with Crippen LogP contribution in [-0.4, -0.2) is 4.98 Å². The van der Waals surface area contributed by atoms with Crippen molar-refractivity contribution in [3.63, 3.8) is 0 Å². The first-order valence-electron chi connectivity index (χ1n) is 9.82. The minimum Gasteiger partial charge on any atom is -0.362 e. The van der Waals surface area contributed by atoms with Gasteiger partial charge < -0.3 is 4.98 Å². The van der Waals surface area contributed by atoms with Crippen LogP contribution in [0.4, 0.5) is 0 Å². The van der Waals surface area contributed by atoms with E-state index in [4.69, 9.17) is 0 Å². The van der Waals surface area contributed by atoms with Gasteiger partial charge in [0, 0.05) is 23.2 Å². The Hall–Kier alpha value is -2.80. The van der Waals surface area contributed by atoms with Crippen molar-refractivity contribution < 1.29 is 0 Å². The molecule has 3 aromatic carbocycles. The van der Waals surface area contributed by atoms with Crippen molar-refractivity contribution in [2.75, 3.05) is 0 Å². The van der Waals surface area contributed by atoms with Gasteiger partial charge in [-0.2, -0.15) is 0 Å². The zero-order valence-corrected chi connectivity index (χ0v) is 16.3. The third kappa shape index (κ3) is 2.61. The van der Waals surface area contributed by atoms with E-state index in [0.29, 0.717) is 0 Å². The predicted octanol–water partition coefficient (Wildman–Crippen LogP) is 6.80. The molecule has 4 aromatic rings. The largest absolute Gasteiger partial charge is 0.362 e. The molecule has 1 aliphatic rings. The van der Waals surface area contributed by atoms with Gasteiger partial charge in [-0.25, -0.2) is 0 Å². The maximum absolute atomic E-state index is 3.66. The summed E-state index contributed by atoms with van der Waals surface area (Å²) in [5.74, 6) is 0. The lowest BCUT2D eigenvalue weighted by Gasteiger charge is -2.16. The molecule has 0 fully saturated rings. The third-order valence-corrected chi connectivity index (χ3v) is 5.85. The lowest BCUT2D eigenvalue weighted by molar-refractivity contribution is 0.571. The second-order valence-corrected chi connectivity index (χ2v) is 8.70. The highest BCUT2D eigenvalue weighted by Crippen LogP contribution is 2.41. The zero-order valence-electron chi connectivity index (χ0n) is 16.3. The summed E-state index contributed by atoms with van der Waals surface area (Å²) in [7, 11) is 0. The predicted molar refractivity (Wildman–Crippen MR) is 116 cm³/mol. The molecule has 1 heteroatoms. The van der Waals surface area contributed by atoms with Crippen molar-refractivity contribution in [3.8, 4) is 0 Å². The number of allylic oxidation sites excluding steroid dienone is 2. The van der Waals surface area contributed by atoms with E-state index in [2.05, 4.69) is 92.5 Å². The smallest absolute Gasteiger partial charge is 0.0203 e. The summed E-state index contributed by atoms with van der Waals surface area (Å²) < 4.78 is 0. The van der Waals surface area contributed by atoms with Gasteiger partial charge in [0.25, 0.3) is 0 Å².